The molecule has 4 aromatic rings. The average molecular weight is 750 g/mol. The number of rotatable bonds is 11. The van der Waals surface area contributed by atoms with Crippen LogP contribution >= 0.6 is 0 Å². The lowest BCUT2D eigenvalue weighted by Gasteiger charge is -2.23. The summed E-state index contributed by atoms with van der Waals surface area (Å²) in [6, 6.07) is 11.4. The number of hydrogen-bond donors (Lipinski definition) is 8. The van der Waals surface area contributed by atoms with Gasteiger partial charge >= 0.3 is 12.1 Å². The molecule has 280 valence electrons. The number of carbonyl (C=O) groups excluding carboxylic acids is 3. The molecular weight excluding hydrogens is 710 g/mol. The molecule has 5 amide bonds. The van der Waals surface area contributed by atoms with E-state index in [1.54, 1.807) is 4.57 Å². The number of imide groups is 1. The normalized spacial score (nSPS) is 23.7. The monoisotopic (exact) mass is 749 g/mol. The van der Waals surface area contributed by atoms with Crippen LogP contribution in [0.15, 0.2) is 65.8 Å². The molecule has 9 N–H and O–H groups in total. The van der Waals surface area contributed by atoms with Crippen molar-refractivity contribution in [3.63, 3.8) is 0 Å². The lowest BCUT2D eigenvalue weighted by atomic mass is 10.1. The van der Waals surface area contributed by atoms with E-state index >= 15 is 0 Å². The van der Waals surface area contributed by atoms with Gasteiger partial charge < -0.3 is 46.1 Å². The molecule has 4 heterocycles. The van der Waals surface area contributed by atoms with Crippen molar-refractivity contribution < 1.29 is 38.1 Å². The van der Waals surface area contributed by atoms with Gasteiger partial charge in [0.25, 0.3) is 0 Å². The molecule has 2 aromatic heterocycles. The first kappa shape index (κ1) is 36.0. The SMILES string of the molecule is NS(=O)(=O)c1cccc(NC(=O)N[C@@H]2CCN(c3nc(N[C@H](CO)Cc4ccccc4)c4ncn([C@@H]5C[C@H](N6C(=O)CNC6=O)[C@@H](O)[C@H]5O)c4n3)C2)c1. The average Bonchev–Trinajstić information content (AvgIpc) is 3.91. The van der Waals surface area contributed by atoms with Crippen LogP contribution in [0.5, 0.6) is 0 Å². The molecule has 0 bridgehead atoms. The van der Waals surface area contributed by atoms with Crippen LogP contribution in [0.1, 0.15) is 24.4 Å². The van der Waals surface area contributed by atoms with E-state index in [1.165, 1.54) is 30.6 Å². The lowest BCUT2D eigenvalue weighted by Crippen LogP contribution is -2.46. The molecule has 3 fully saturated rings. The zero-order valence-electron chi connectivity index (χ0n) is 28.2. The maximum atomic E-state index is 12.9. The number of urea groups is 2. The number of sulfonamides is 1. The highest BCUT2D eigenvalue weighted by molar-refractivity contribution is 7.89. The van der Waals surface area contributed by atoms with Gasteiger partial charge in [0.1, 0.15) is 12.2 Å². The minimum absolute atomic E-state index is 0.0350. The quantitative estimate of drug-likeness (QED) is 0.0898. The smallest absolute Gasteiger partial charge is 0.324 e. The maximum absolute atomic E-state index is 12.9. The number of primary sulfonamides is 1. The Balaban J connectivity index is 1.15. The number of aliphatic hydroxyl groups excluding tert-OH is 3. The minimum Gasteiger partial charge on any atom is -0.394 e. The molecular formula is C33H39N11O8S. The topological polar surface area (TPSA) is 270 Å². The summed E-state index contributed by atoms with van der Waals surface area (Å²) in [6.07, 6.45) is -0.327. The van der Waals surface area contributed by atoms with Gasteiger partial charge in [-0.2, -0.15) is 9.97 Å². The van der Waals surface area contributed by atoms with Crippen molar-refractivity contribution in [3.8, 4) is 0 Å². The standard InChI is InChI=1S/C33H39N11O8S/c34-53(51,52)22-8-4-7-19(12-22)38-32(49)39-20-9-10-42(15-20)31-40-29(37-21(16-45)11-18-5-2-1-3-6-18)26-30(41-31)43(17-36-26)23-13-24(28(48)27(23)47)44-25(46)14-35-33(44)50/h1-8,12,17,20-21,23-24,27-28,45,47-48H,9-11,13-16H2,(H,35,50)(H2,34,51,52)(H,37,40,41)(H2,38,39,49)/t20-,21+,23-,24+,27+,28-/m1/s1. The van der Waals surface area contributed by atoms with E-state index in [2.05, 4.69) is 26.3 Å². The number of amides is 5. The summed E-state index contributed by atoms with van der Waals surface area (Å²) < 4.78 is 25.1. The van der Waals surface area contributed by atoms with Crippen LogP contribution in [0, 0.1) is 0 Å². The Morgan fingerprint density at radius 1 is 1.06 bits per heavy atom. The van der Waals surface area contributed by atoms with Crippen molar-refractivity contribution in [3.05, 3.63) is 66.5 Å². The highest BCUT2D eigenvalue weighted by atomic mass is 32.2. The van der Waals surface area contributed by atoms with Crippen LogP contribution < -0.4 is 31.3 Å². The molecule has 53 heavy (non-hydrogen) atoms. The third kappa shape index (κ3) is 7.44. The predicted octanol–water partition coefficient (Wildman–Crippen LogP) is -0.523. The second kappa shape index (κ2) is 14.5. The summed E-state index contributed by atoms with van der Waals surface area (Å²) in [7, 11) is -3.96. The van der Waals surface area contributed by atoms with Gasteiger partial charge in [-0.05, 0) is 43.0 Å². The van der Waals surface area contributed by atoms with E-state index < -0.39 is 58.3 Å². The predicted molar refractivity (Wildman–Crippen MR) is 190 cm³/mol. The fourth-order valence-electron chi connectivity index (χ4n) is 7.09. The van der Waals surface area contributed by atoms with E-state index in [9.17, 15) is 38.1 Å². The van der Waals surface area contributed by atoms with Gasteiger partial charge in [-0.3, -0.25) is 9.69 Å². The summed E-state index contributed by atoms with van der Waals surface area (Å²) in [6.45, 7) is 0.312. The molecule has 0 radical (unpaired) electrons. The Labute approximate surface area is 303 Å². The highest BCUT2D eigenvalue weighted by Crippen LogP contribution is 2.37. The van der Waals surface area contributed by atoms with Crippen molar-refractivity contribution in [2.24, 2.45) is 5.14 Å². The summed E-state index contributed by atoms with van der Waals surface area (Å²) in [5, 5.41) is 49.1. The first-order valence-corrected chi connectivity index (χ1v) is 18.5. The Bertz CT molecular complexity index is 2120. The zero-order valence-corrected chi connectivity index (χ0v) is 29.1. The van der Waals surface area contributed by atoms with Crippen LogP contribution in [0.2, 0.25) is 0 Å². The van der Waals surface area contributed by atoms with Crippen LogP contribution in [-0.2, 0) is 21.2 Å². The van der Waals surface area contributed by atoms with Gasteiger partial charge in [-0.15, -0.1) is 0 Å². The first-order valence-electron chi connectivity index (χ1n) is 17.0. The first-order chi connectivity index (χ1) is 25.4. The number of nitrogens with one attached hydrogen (secondary N) is 4. The van der Waals surface area contributed by atoms with Crippen molar-refractivity contribution in [1.29, 1.82) is 0 Å². The van der Waals surface area contributed by atoms with E-state index in [-0.39, 0.29) is 42.1 Å². The van der Waals surface area contributed by atoms with E-state index in [1.807, 2.05) is 35.2 Å². The molecule has 7 rings (SSSR count). The van der Waals surface area contributed by atoms with Crippen LogP contribution in [0.3, 0.4) is 0 Å². The summed E-state index contributed by atoms with van der Waals surface area (Å²) in [5.41, 5.74) is 1.85. The lowest BCUT2D eigenvalue weighted by molar-refractivity contribution is -0.128. The van der Waals surface area contributed by atoms with Crippen LogP contribution in [0.25, 0.3) is 11.2 Å². The van der Waals surface area contributed by atoms with Gasteiger partial charge in [0.05, 0.1) is 42.5 Å². The third-order valence-electron chi connectivity index (χ3n) is 9.71. The number of nitrogens with two attached hydrogens (primary N) is 1. The Hall–Kier alpha value is -5.41. The van der Waals surface area contributed by atoms with E-state index in [4.69, 9.17) is 15.1 Å². The molecule has 0 unspecified atom stereocenters. The number of benzene rings is 2. The number of carbonyl (C=O) groups is 3. The summed E-state index contributed by atoms with van der Waals surface area (Å²) in [4.78, 5) is 54.7. The number of imidazole rings is 1. The van der Waals surface area contributed by atoms with Gasteiger partial charge in [0, 0.05) is 24.8 Å². The Morgan fingerprint density at radius 3 is 2.55 bits per heavy atom. The molecule has 2 aromatic carbocycles. The minimum atomic E-state index is -3.96. The molecule has 1 aliphatic carbocycles. The number of hydrogen-bond acceptors (Lipinski definition) is 13. The number of aromatic nitrogens is 4. The van der Waals surface area contributed by atoms with E-state index in [0.29, 0.717) is 42.9 Å². The summed E-state index contributed by atoms with van der Waals surface area (Å²) in [5.74, 6) is 0.0681. The molecule has 19 nitrogen and oxygen atoms in total. The Morgan fingerprint density at radius 2 is 1.83 bits per heavy atom. The van der Waals surface area contributed by atoms with Crippen molar-refractivity contribution in [2.75, 3.05) is 41.8 Å². The van der Waals surface area contributed by atoms with E-state index in [0.717, 1.165) is 10.5 Å². The molecule has 20 heteroatoms. The molecule has 0 spiro atoms. The zero-order chi connectivity index (χ0) is 37.4. The van der Waals surface area contributed by atoms with Crippen LogP contribution in [0.4, 0.5) is 27.0 Å². The maximum Gasteiger partial charge on any atom is 0.324 e. The number of anilines is 3. The van der Waals surface area contributed by atoms with Gasteiger partial charge in [-0.25, -0.2) is 28.1 Å². The van der Waals surface area contributed by atoms with Crippen molar-refractivity contribution in [2.45, 2.75) is 60.5 Å². The van der Waals surface area contributed by atoms with Crippen molar-refractivity contribution >= 4 is 56.6 Å². The number of fused-ring (bicyclic) bond motifs is 1. The van der Waals surface area contributed by atoms with Crippen LogP contribution in [-0.4, -0.2) is 123 Å². The number of aliphatic hydroxyl groups is 3. The number of nitrogens with zero attached hydrogens (tertiary/aromatic N) is 6. The van der Waals surface area contributed by atoms with Gasteiger partial charge in [-0.1, -0.05) is 36.4 Å². The second-order valence-electron chi connectivity index (χ2n) is 13.3. The Kier molecular flexibility index (Phi) is 9.87. The highest BCUT2D eigenvalue weighted by Gasteiger charge is 2.50. The molecule has 6 atom stereocenters. The molecule has 2 aliphatic heterocycles. The van der Waals surface area contributed by atoms with Gasteiger partial charge in [0.15, 0.2) is 17.0 Å². The fourth-order valence-corrected chi connectivity index (χ4v) is 7.65. The van der Waals surface area contributed by atoms with Crippen molar-refractivity contribution in [1.82, 2.24) is 35.1 Å². The fraction of sp³-hybridized carbons (Fsp3) is 0.394. The van der Waals surface area contributed by atoms with Gasteiger partial charge in [0.2, 0.25) is 21.9 Å². The summed E-state index contributed by atoms with van der Waals surface area (Å²) >= 11 is 0. The molecule has 3 aliphatic rings. The molecule has 1 saturated carbocycles. The largest absolute Gasteiger partial charge is 0.394 e. The molecule has 2 saturated heterocycles. The third-order valence-corrected chi connectivity index (χ3v) is 10.6. The second-order valence-corrected chi connectivity index (χ2v) is 14.8.